The average molecular weight is 343 g/mol. The van der Waals surface area contributed by atoms with Crippen LogP contribution in [0.3, 0.4) is 0 Å². The summed E-state index contributed by atoms with van der Waals surface area (Å²) < 4.78 is 1.71. The maximum Gasteiger partial charge on any atom is 0.244 e. The molecule has 5 nitrogen and oxygen atoms in total. The van der Waals surface area contributed by atoms with E-state index in [1.54, 1.807) is 4.68 Å². The molecule has 1 aromatic rings. The van der Waals surface area contributed by atoms with Crippen molar-refractivity contribution >= 4 is 17.5 Å². The van der Waals surface area contributed by atoms with Crippen molar-refractivity contribution in [1.82, 2.24) is 19.6 Å². The molecule has 1 amide bonds. The van der Waals surface area contributed by atoms with E-state index in [0.29, 0.717) is 10.9 Å². The summed E-state index contributed by atoms with van der Waals surface area (Å²) in [5.74, 6) is 0.549. The largest absolute Gasteiger partial charge is 0.340 e. The van der Waals surface area contributed by atoms with Crippen LogP contribution in [0.1, 0.15) is 39.1 Å². The molecule has 0 spiro atoms. The summed E-state index contributed by atoms with van der Waals surface area (Å²) in [6, 6.07) is 0. The van der Waals surface area contributed by atoms with Gasteiger partial charge in [0, 0.05) is 19.6 Å². The van der Waals surface area contributed by atoms with Crippen molar-refractivity contribution in [3.05, 3.63) is 16.4 Å². The number of amides is 1. The van der Waals surface area contributed by atoms with Gasteiger partial charge in [0.1, 0.15) is 6.54 Å². The summed E-state index contributed by atoms with van der Waals surface area (Å²) in [6.45, 7) is 17.0. The van der Waals surface area contributed by atoms with Gasteiger partial charge in [0.2, 0.25) is 5.91 Å². The van der Waals surface area contributed by atoms with Crippen molar-refractivity contribution in [2.24, 2.45) is 5.92 Å². The highest BCUT2D eigenvalue weighted by Crippen LogP contribution is 2.19. The van der Waals surface area contributed by atoms with Gasteiger partial charge in [-0.15, -0.1) is 0 Å². The van der Waals surface area contributed by atoms with E-state index < -0.39 is 0 Å². The van der Waals surface area contributed by atoms with Gasteiger partial charge in [-0.1, -0.05) is 39.3 Å². The Morgan fingerprint density at radius 2 is 1.83 bits per heavy atom. The fourth-order valence-corrected chi connectivity index (χ4v) is 2.75. The zero-order chi connectivity index (χ0) is 17.6. The van der Waals surface area contributed by atoms with E-state index in [9.17, 15) is 4.79 Å². The number of hydrogen-bond acceptors (Lipinski definition) is 3. The number of nitrogens with zero attached hydrogens (tertiary/aromatic N) is 4. The molecule has 0 atom stereocenters. The molecule has 0 fully saturated rings. The van der Waals surface area contributed by atoms with Crippen molar-refractivity contribution in [3.63, 3.8) is 0 Å². The van der Waals surface area contributed by atoms with Crippen molar-refractivity contribution < 1.29 is 4.79 Å². The van der Waals surface area contributed by atoms with E-state index in [0.717, 1.165) is 44.1 Å². The van der Waals surface area contributed by atoms with Crippen LogP contribution in [0.25, 0.3) is 0 Å². The maximum absolute atomic E-state index is 12.7. The number of likely N-dealkylation sites (N-methyl/N-ethyl adjacent to an activating group) is 1. The molecule has 0 N–H and O–H groups in total. The highest BCUT2D eigenvalue weighted by Gasteiger charge is 2.19. The van der Waals surface area contributed by atoms with Crippen LogP contribution in [0.5, 0.6) is 0 Å². The quantitative estimate of drug-likeness (QED) is 0.692. The van der Waals surface area contributed by atoms with Crippen molar-refractivity contribution in [1.29, 1.82) is 0 Å². The third-order valence-electron chi connectivity index (χ3n) is 4.10. The van der Waals surface area contributed by atoms with E-state index in [1.807, 2.05) is 18.7 Å². The number of aromatic nitrogens is 2. The lowest BCUT2D eigenvalue weighted by molar-refractivity contribution is -0.132. The summed E-state index contributed by atoms with van der Waals surface area (Å²) in [4.78, 5) is 17.0. The average Bonchev–Trinajstić information content (AvgIpc) is 2.73. The Morgan fingerprint density at radius 1 is 1.22 bits per heavy atom. The topological polar surface area (TPSA) is 41.4 Å². The summed E-state index contributed by atoms with van der Waals surface area (Å²) in [7, 11) is 0. The molecule has 1 rings (SSSR count). The molecule has 0 aliphatic carbocycles. The second-order valence-corrected chi connectivity index (χ2v) is 6.78. The Morgan fingerprint density at radius 3 is 2.26 bits per heavy atom. The molecule has 132 valence electrons. The molecule has 1 aromatic heterocycles. The molecule has 1 heterocycles. The first-order valence-corrected chi connectivity index (χ1v) is 8.87. The third-order valence-corrected chi connectivity index (χ3v) is 4.64. The van der Waals surface area contributed by atoms with Gasteiger partial charge in [-0.2, -0.15) is 5.10 Å². The Bertz CT molecular complexity index is 509. The summed E-state index contributed by atoms with van der Waals surface area (Å²) >= 11 is 6.17. The lowest BCUT2D eigenvalue weighted by Gasteiger charge is -2.28. The molecular formula is C17H31ClN4O. The van der Waals surface area contributed by atoms with Gasteiger partial charge in [0.15, 0.2) is 0 Å². The summed E-state index contributed by atoms with van der Waals surface area (Å²) in [6.07, 6.45) is 0. The fraction of sp³-hybridized carbons (Fsp3) is 0.765. The number of carbonyl (C=O) groups excluding carboxylic acids is 1. The second-order valence-electron chi connectivity index (χ2n) is 6.40. The molecule has 0 bridgehead atoms. The van der Waals surface area contributed by atoms with Gasteiger partial charge in [-0.3, -0.25) is 9.48 Å². The first-order valence-electron chi connectivity index (χ1n) is 8.49. The number of hydrogen-bond donors (Lipinski definition) is 0. The molecule has 0 aromatic carbocycles. The van der Waals surface area contributed by atoms with Gasteiger partial charge in [0.25, 0.3) is 0 Å². The summed E-state index contributed by atoms with van der Waals surface area (Å²) in [5.41, 5.74) is 1.63. The third kappa shape index (κ3) is 5.81. The first kappa shape index (κ1) is 20.0. The number of halogens is 1. The predicted octanol–water partition coefficient (Wildman–Crippen LogP) is 2.98. The van der Waals surface area contributed by atoms with E-state index in [2.05, 4.69) is 37.7 Å². The molecule has 0 unspecified atom stereocenters. The van der Waals surface area contributed by atoms with Crippen LogP contribution in [0.4, 0.5) is 0 Å². The molecule has 23 heavy (non-hydrogen) atoms. The number of aryl methyl sites for hydroxylation is 1. The lowest BCUT2D eigenvalue weighted by atomic mass is 10.2. The molecule has 6 heteroatoms. The van der Waals surface area contributed by atoms with Crippen LogP contribution in [0.15, 0.2) is 0 Å². The van der Waals surface area contributed by atoms with E-state index in [1.165, 1.54) is 0 Å². The van der Waals surface area contributed by atoms with Crippen molar-refractivity contribution in [3.8, 4) is 0 Å². The monoisotopic (exact) mass is 342 g/mol. The van der Waals surface area contributed by atoms with E-state index in [-0.39, 0.29) is 12.5 Å². The summed E-state index contributed by atoms with van der Waals surface area (Å²) in [5, 5.41) is 5.02. The maximum atomic E-state index is 12.7. The molecule has 0 saturated heterocycles. The Hall–Kier alpha value is -1.07. The zero-order valence-electron chi connectivity index (χ0n) is 15.4. The van der Waals surface area contributed by atoms with E-state index >= 15 is 0 Å². The van der Waals surface area contributed by atoms with Gasteiger partial charge in [0.05, 0.1) is 16.4 Å². The highest BCUT2D eigenvalue weighted by molar-refractivity contribution is 6.31. The number of carbonyl (C=O) groups is 1. The van der Waals surface area contributed by atoms with Crippen LogP contribution < -0.4 is 0 Å². The Kier molecular flexibility index (Phi) is 8.06. The van der Waals surface area contributed by atoms with Gasteiger partial charge < -0.3 is 9.80 Å². The van der Waals surface area contributed by atoms with Gasteiger partial charge in [-0.05, 0) is 32.9 Å². The molecule has 0 radical (unpaired) electrons. The minimum Gasteiger partial charge on any atom is -0.340 e. The van der Waals surface area contributed by atoms with E-state index in [4.69, 9.17) is 11.6 Å². The van der Waals surface area contributed by atoms with Crippen LogP contribution in [-0.2, 0) is 11.3 Å². The van der Waals surface area contributed by atoms with Crippen LogP contribution in [-0.4, -0.2) is 58.2 Å². The van der Waals surface area contributed by atoms with Crippen LogP contribution in [0.2, 0.25) is 5.02 Å². The second kappa shape index (κ2) is 9.28. The fourth-order valence-electron chi connectivity index (χ4n) is 2.62. The SMILES string of the molecule is CCN(CC)CCN(CC(C)C)C(=O)Cn1nc(C)c(Cl)c1C. The van der Waals surface area contributed by atoms with Crippen molar-refractivity contribution in [2.75, 3.05) is 32.7 Å². The normalized spacial score (nSPS) is 11.5. The van der Waals surface area contributed by atoms with Gasteiger partial charge >= 0.3 is 0 Å². The Labute approximate surface area is 145 Å². The smallest absolute Gasteiger partial charge is 0.244 e. The predicted molar refractivity (Wildman–Crippen MR) is 95.9 cm³/mol. The molecule has 0 aliphatic rings. The van der Waals surface area contributed by atoms with Crippen molar-refractivity contribution in [2.45, 2.75) is 48.1 Å². The first-order chi connectivity index (χ1) is 10.8. The molecule has 0 saturated carbocycles. The van der Waals surface area contributed by atoms with Gasteiger partial charge in [-0.25, -0.2) is 0 Å². The van der Waals surface area contributed by atoms with Crippen LogP contribution in [0, 0.1) is 19.8 Å². The highest BCUT2D eigenvalue weighted by atomic mass is 35.5. The zero-order valence-corrected chi connectivity index (χ0v) is 16.2. The lowest BCUT2D eigenvalue weighted by Crippen LogP contribution is -2.42. The molecular weight excluding hydrogens is 312 g/mol. The van der Waals surface area contributed by atoms with Crippen LogP contribution >= 0.6 is 11.6 Å². The number of rotatable bonds is 9. The minimum atomic E-state index is 0.105. The standard InChI is InChI=1S/C17H31ClN4O/c1-7-20(8-2)9-10-21(11-13(3)4)16(23)12-22-15(6)17(18)14(5)19-22/h13H,7-12H2,1-6H3. The Balaban J connectivity index is 2.76. The molecule has 0 aliphatic heterocycles. The minimum absolute atomic E-state index is 0.105.